The van der Waals surface area contributed by atoms with Crippen molar-refractivity contribution in [3.63, 3.8) is 0 Å². The van der Waals surface area contributed by atoms with Crippen molar-refractivity contribution < 1.29 is 4.57 Å². The fraction of sp³-hybridized carbons (Fsp3) is 0.0526. The van der Waals surface area contributed by atoms with Crippen LogP contribution in [0.2, 0.25) is 0 Å². The Bertz CT molecular complexity index is 645. The molecule has 0 amide bonds. The Morgan fingerprint density at radius 1 is 0.636 bits per heavy atom. The third-order valence-corrected chi connectivity index (χ3v) is 5.23. The van der Waals surface area contributed by atoms with E-state index in [2.05, 4.69) is 60.7 Å². The summed E-state index contributed by atoms with van der Waals surface area (Å²) in [4.78, 5) is 0. The van der Waals surface area contributed by atoms with E-state index in [0.29, 0.717) is 0 Å². The van der Waals surface area contributed by atoms with Gasteiger partial charge in [0.05, 0.1) is 0 Å². The summed E-state index contributed by atoms with van der Waals surface area (Å²) in [6.07, 6.45) is 0. The van der Waals surface area contributed by atoms with E-state index in [4.69, 9.17) is 0 Å². The maximum absolute atomic E-state index is 10.8. The number of hydrogen-bond donors (Lipinski definition) is 0. The fourth-order valence-electron chi connectivity index (χ4n) is 1.85. The van der Waals surface area contributed by atoms with E-state index < -0.39 is 7.80 Å². The largest absolute Gasteiger partial charge is 0.373 e. The minimum atomic E-state index is -1.15. The highest BCUT2D eigenvalue weighted by Gasteiger charge is 2.07. The Labute approximate surface area is 135 Å². The van der Waals surface area contributed by atoms with Gasteiger partial charge in [0, 0.05) is 0 Å². The standard InChI is InChI=1S/C12H11P.C7H8OP/c1-3-7-11(8-4-1)13-12-9-5-2-6-10-12;1-9(8)7-5-3-2-4-6-7/h1-10,13H;2-6H,1H3/q;+1. The van der Waals surface area contributed by atoms with Crippen molar-refractivity contribution in [3.8, 4) is 0 Å². The second kappa shape index (κ2) is 9.26. The van der Waals surface area contributed by atoms with Gasteiger partial charge in [-0.25, -0.2) is 0 Å². The summed E-state index contributed by atoms with van der Waals surface area (Å²) in [6.45, 7) is 1.71. The molecule has 0 fully saturated rings. The topological polar surface area (TPSA) is 17.1 Å². The van der Waals surface area contributed by atoms with E-state index in [0.717, 1.165) is 13.9 Å². The van der Waals surface area contributed by atoms with Gasteiger partial charge in [-0.05, 0) is 22.7 Å². The van der Waals surface area contributed by atoms with Crippen LogP contribution in [-0.4, -0.2) is 6.66 Å². The third kappa shape index (κ3) is 5.90. The molecule has 3 heteroatoms. The summed E-state index contributed by atoms with van der Waals surface area (Å²) in [6, 6.07) is 30.6. The highest BCUT2D eigenvalue weighted by Crippen LogP contribution is 2.11. The second-order valence-electron chi connectivity index (χ2n) is 4.69. The Morgan fingerprint density at radius 3 is 1.32 bits per heavy atom. The Hall–Kier alpha value is -1.81. The molecule has 0 aliphatic rings. The lowest BCUT2D eigenvalue weighted by atomic mass is 10.4. The predicted molar refractivity (Wildman–Crippen MR) is 100 cm³/mol. The molecule has 0 aliphatic heterocycles. The van der Waals surface area contributed by atoms with Crippen molar-refractivity contribution in [2.24, 2.45) is 0 Å². The maximum Gasteiger partial charge on any atom is 0.373 e. The zero-order chi connectivity index (χ0) is 15.6. The van der Waals surface area contributed by atoms with Crippen molar-refractivity contribution in [1.29, 1.82) is 0 Å². The van der Waals surface area contributed by atoms with E-state index >= 15 is 0 Å². The van der Waals surface area contributed by atoms with Crippen LogP contribution < -0.4 is 15.9 Å². The molecule has 0 N–H and O–H groups in total. The monoisotopic (exact) mass is 325 g/mol. The van der Waals surface area contributed by atoms with Gasteiger partial charge in [-0.15, -0.1) is 0 Å². The van der Waals surface area contributed by atoms with Crippen LogP contribution in [0.25, 0.3) is 0 Å². The lowest BCUT2D eigenvalue weighted by Crippen LogP contribution is -2.01. The zero-order valence-corrected chi connectivity index (χ0v) is 14.4. The molecule has 1 unspecified atom stereocenters. The van der Waals surface area contributed by atoms with Crippen LogP contribution in [0, 0.1) is 0 Å². The molecule has 1 nitrogen and oxygen atoms in total. The van der Waals surface area contributed by atoms with Gasteiger partial charge in [0.15, 0.2) is 5.30 Å². The summed E-state index contributed by atoms with van der Waals surface area (Å²) < 4.78 is 10.8. The van der Waals surface area contributed by atoms with Crippen LogP contribution in [0.15, 0.2) is 91.0 Å². The molecule has 0 saturated heterocycles. The zero-order valence-electron chi connectivity index (χ0n) is 12.5. The van der Waals surface area contributed by atoms with Gasteiger partial charge in [0.1, 0.15) is 6.66 Å². The van der Waals surface area contributed by atoms with Crippen LogP contribution in [0.5, 0.6) is 0 Å². The van der Waals surface area contributed by atoms with Crippen LogP contribution >= 0.6 is 16.4 Å². The smallest absolute Gasteiger partial charge is 0.0684 e. The number of benzene rings is 3. The van der Waals surface area contributed by atoms with Gasteiger partial charge < -0.3 is 0 Å². The molecule has 1 atom stereocenters. The van der Waals surface area contributed by atoms with Crippen molar-refractivity contribution >= 4 is 32.3 Å². The first-order chi connectivity index (χ1) is 10.8. The molecule has 0 bridgehead atoms. The van der Waals surface area contributed by atoms with Gasteiger partial charge in [0.2, 0.25) is 0 Å². The molecule has 0 saturated carbocycles. The molecule has 3 rings (SSSR count). The molecule has 0 spiro atoms. The maximum atomic E-state index is 10.8. The average molecular weight is 325 g/mol. The first-order valence-corrected chi connectivity index (χ1v) is 9.79. The fourth-order valence-corrected chi connectivity index (χ4v) is 3.49. The molecule has 3 aromatic carbocycles. The first-order valence-electron chi connectivity index (χ1n) is 7.09. The minimum Gasteiger partial charge on any atom is -0.0684 e. The number of hydrogen-bond acceptors (Lipinski definition) is 1. The second-order valence-corrected chi connectivity index (χ2v) is 7.61. The van der Waals surface area contributed by atoms with E-state index in [9.17, 15) is 4.57 Å². The molecule has 110 valence electrons. The van der Waals surface area contributed by atoms with Crippen molar-refractivity contribution in [2.75, 3.05) is 6.66 Å². The third-order valence-electron chi connectivity index (χ3n) is 2.96. The van der Waals surface area contributed by atoms with Gasteiger partial charge in [-0.2, -0.15) is 0 Å². The van der Waals surface area contributed by atoms with Crippen LogP contribution in [0.1, 0.15) is 0 Å². The summed E-state index contributed by atoms with van der Waals surface area (Å²) in [5.74, 6) is 0. The van der Waals surface area contributed by atoms with Crippen molar-refractivity contribution in [3.05, 3.63) is 91.0 Å². The van der Waals surface area contributed by atoms with E-state index in [1.165, 1.54) is 10.6 Å². The molecular formula is C19H19OP2+. The van der Waals surface area contributed by atoms with E-state index in [-0.39, 0.29) is 0 Å². The molecular weight excluding hydrogens is 306 g/mol. The quantitative estimate of drug-likeness (QED) is 0.663. The van der Waals surface area contributed by atoms with Crippen LogP contribution in [0.4, 0.5) is 0 Å². The van der Waals surface area contributed by atoms with E-state index in [1.54, 1.807) is 6.66 Å². The van der Waals surface area contributed by atoms with Gasteiger partial charge in [-0.1, -0.05) is 92.0 Å². The summed E-state index contributed by atoms with van der Waals surface area (Å²) >= 11 is 0. The highest BCUT2D eigenvalue weighted by atomic mass is 31.1. The normalized spacial score (nSPS) is 10.3. The molecule has 22 heavy (non-hydrogen) atoms. The van der Waals surface area contributed by atoms with Crippen molar-refractivity contribution in [1.82, 2.24) is 0 Å². The average Bonchev–Trinajstić information content (AvgIpc) is 2.58. The summed E-state index contributed by atoms with van der Waals surface area (Å²) in [7, 11) is -0.369. The SMILES string of the molecule is C[P+](=O)c1ccccc1.c1ccc(Pc2ccccc2)cc1. The lowest BCUT2D eigenvalue weighted by molar-refractivity contribution is 0.596. The lowest BCUT2D eigenvalue weighted by Gasteiger charge is -2.00. The summed E-state index contributed by atoms with van der Waals surface area (Å²) in [5, 5.41) is 3.72. The van der Waals surface area contributed by atoms with Gasteiger partial charge >= 0.3 is 7.80 Å². The van der Waals surface area contributed by atoms with Crippen LogP contribution in [0.3, 0.4) is 0 Å². The predicted octanol–water partition coefficient (Wildman–Crippen LogP) is 4.09. The molecule has 0 radical (unpaired) electrons. The molecule has 0 heterocycles. The first kappa shape index (κ1) is 16.6. The van der Waals surface area contributed by atoms with Gasteiger partial charge in [0.25, 0.3) is 0 Å². The van der Waals surface area contributed by atoms with Crippen LogP contribution in [-0.2, 0) is 4.57 Å². The Kier molecular flexibility index (Phi) is 6.97. The molecule has 0 aromatic heterocycles. The number of rotatable bonds is 3. The Balaban J connectivity index is 0.000000172. The minimum absolute atomic E-state index is 0.777. The van der Waals surface area contributed by atoms with E-state index in [1.807, 2.05) is 30.3 Å². The summed E-state index contributed by atoms with van der Waals surface area (Å²) in [5.41, 5.74) is 0. The molecule has 3 aromatic rings. The Morgan fingerprint density at radius 2 is 1.00 bits per heavy atom. The molecule has 0 aliphatic carbocycles. The van der Waals surface area contributed by atoms with Crippen molar-refractivity contribution in [2.45, 2.75) is 0 Å². The highest BCUT2D eigenvalue weighted by molar-refractivity contribution is 7.55. The van der Waals surface area contributed by atoms with Gasteiger partial charge in [-0.3, -0.25) is 0 Å².